The molecule has 134 valence electrons. The van der Waals surface area contributed by atoms with E-state index in [9.17, 15) is 4.79 Å². The average molecular weight is 348 g/mol. The summed E-state index contributed by atoms with van der Waals surface area (Å²) in [6, 6.07) is 16.5. The number of fused-ring (bicyclic) bond motifs is 1. The Bertz CT molecular complexity index is 973. The molecule has 26 heavy (non-hydrogen) atoms. The number of benzene rings is 2. The molecule has 2 heterocycles. The van der Waals surface area contributed by atoms with E-state index in [0.29, 0.717) is 0 Å². The summed E-state index contributed by atoms with van der Waals surface area (Å²) in [7, 11) is 3.62. The van der Waals surface area contributed by atoms with E-state index in [-0.39, 0.29) is 11.9 Å². The molecule has 1 aliphatic heterocycles. The van der Waals surface area contributed by atoms with Gasteiger partial charge in [0, 0.05) is 24.5 Å². The Morgan fingerprint density at radius 2 is 1.96 bits per heavy atom. The first-order valence-electron chi connectivity index (χ1n) is 9.10. The van der Waals surface area contributed by atoms with Gasteiger partial charge in [-0.05, 0) is 55.2 Å². The number of methoxy groups -OCH3 is 1. The van der Waals surface area contributed by atoms with Crippen LogP contribution in [0.1, 0.15) is 40.5 Å². The molecule has 1 atom stereocenters. The van der Waals surface area contributed by atoms with Crippen LogP contribution < -0.4 is 4.74 Å². The van der Waals surface area contributed by atoms with Crippen LogP contribution in [0.5, 0.6) is 5.75 Å². The van der Waals surface area contributed by atoms with Gasteiger partial charge in [-0.25, -0.2) is 0 Å². The smallest absolute Gasteiger partial charge is 0.271 e. The minimum absolute atomic E-state index is 0.105. The third-order valence-corrected chi connectivity index (χ3v) is 5.53. The van der Waals surface area contributed by atoms with Crippen LogP contribution in [-0.2, 0) is 7.05 Å². The minimum Gasteiger partial charge on any atom is -0.497 e. The number of carbonyl (C=O) groups excluding carboxylic acids is 1. The molecule has 0 spiro atoms. The van der Waals surface area contributed by atoms with Crippen molar-refractivity contribution in [3.8, 4) is 5.75 Å². The monoisotopic (exact) mass is 348 g/mol. The summed E-state index contributed by atoms with van der Waals surface area (Å²) in [5, 5.41) is 1.03. The molecule has 1 saturated heterocycles. The molecular formula is C22H24N2O2. The van der Waals surface area contributed by atoms with Gasteiger partial charge in [-0.15, -0.1) is 0 Å². The Balaban J connectivity index is 1.72. The first-order chi connectivity index (χ1) is 12.6. The van der Waals surface area contributed by atoms with Gasteiger partial charge in [0.25, 0.3) is 5.91 Å². The van der Waals surface area contributed by atoms with Crippen LogP contribution >= 0.6 is 0 Å². The molecule has 4 nitrogen and oxygen atoms in total. The molecule has 1 fully saturated rings. The Morgan fingerprint density at radius 3 is 2.73 bits per heavy atom. The molecule has 2 aromatic carbocycles. The van der Waals surface area contributed by atoms with Gasteiger partial charge in [0.2, 0.25) is 0 Å². The number of ether oxygens (including phenoxy) is 1. The largest absolute Gasteiger partial charge is 0.497 e. The topological polar surface area (TPSA) is 34.5 Å². The fourth-order valence-electron chi connectivity index (χ4n) is 4.10. The maximum absolute atomic E-state index is 13.4. The molecule has 4 heteroatoms. The van der Waals surface area contributed by atoms with E-state index in [1.807, 2.05) is 40.8 Å². The van der Waals surface area contributed by atoms with Crippen LogP contribution in [-0.4, -0.2) is 29.0 Å². The first kappa shape index (κ1) is 16.7. The van der Waals surface area contributed by atoms with E-state index in [2.05, 4.69) is 31.2 Å². The molecule has 0 aliphatic carbocycles. The second kappa shape index (κ2) is 6.52. The van der Waals surface area contributed by atoms with Crippen LogP contribution in [0.15, 0.2) is 48.5 Å². The van der Waals surface area contributed by atoms with E-state index < -0.39 is 0 Å². The highest BCUT2D eigenvalue weighted by Gasteiger charge is 2.32. The molecule has 4 rings (SSSR count). The van der Waals surface area contributed by atoms with Gasteiger partial charge in [-0.1, -0.05) is 24.3 Å². The zero-order chi connectivity index (χ0) is 18.3. The lowest BCUT2D eigenvalue weighted by Gasteiger charge is -2.26. The highest BCUT2D eigenvalue weighted by Crippen LogP contribution is 2.35. The number of nitrogens with zero attached hydrogens (tertiary/aromatic N) is 2. The van der Waals surface area contributed by atoms with Gasteiger partial charge in [-0.2, -0.15) is 0 Å². The van der Waals surface area contributed by atoms with Crippen molar-refractivity contribution in [1.29, 1.82) is 0 Å². The van der Waals surface area contributed by atoms with Crippen LogP contribution in [0.3, 0.4) is 0 Å². The van der Waals surface area contributed by atoms with Crippen molar-refractivity contribution in [2.45, 2.75) is 25.8 Å². The first-order valence-corrected chi connectivity index (χ1v) is 9.10. The lowest BCUT2D eigenvalue weighted by molar-refractivity contribution is 0.0726. The van der Waals surface area contributed by atoms with Crippen molar-refractivity contribution in [1.82, 2.24) is 9.47 Å². The number of hydrogen-bond acceptors (Lipinski definition) is 2. The molecule has 0 bridgehead atoms. The summed E-state index contributed by atoms with van der Waals surface area (Å²) in [5.74, 6) is 0.912. The van der Waals surface area contributed by atoms with Crippen LogP contribution in [0.25, 0.3) is 10.9 Å². The normalized spacial score (nSPS) is 17.0. The number of aromatic nitrogens is 1. The quantitative estimate of drug-likeness (QED) is 0.700. The summed E-state index contributed by atoms with van der Waals surface area (Å²) < 4.78 is 7.31. The van der Waals surface area contributed by atoms with E-state index in [0.717, 1.165) is 41.7 Å². The number of carbonyl (C=O) groups is 1. The fourth-order valence-corrected chi connectivity index (χ4v) is 4.10. The maximum Gasteiger partial charge on any atom is 0.271 e. The third kappa shape index (κ3) is 2.66. The third-order valence-electron chi connectivity index (χ3n) is 5.53. The van der Waals surface area contributed by atoms with Crippen molar-refractivity contribution >= 4 is 16.8 Å². The summed E-state index contributed by atoms with van der Waals surface area (Å²) >= 11 is 0. The van der Waals surface area contributed by atoms with Crippen molar-refractivity contribution in [3.05, 3.63) is 65.4 Å². The molecule has 3 aromatic rings. The second-order valence-corrected chi connectivity index (χ2v) is 7.03. The summed E-state index contributed by atoms with van der Waals surface area (Å²) in [6.07, 6.45) is 2.07. The van der Waals surface area contributed by atoms with Crippen molar-refractivity contribution < 1.29 is 9.53 Å². The summed E-state index contributed by atoms with van der Waals surface area (Å²) in [5.41, 5.74) is 4.28. The van der Waals surface area contributed by atoms with Gasteiger partial charge in [0.15, 0.2) is 0 Å². The predicted molar refractivity (Wildman–Crippen MR) is 104 cm³/mol. The molecule has 0 unspecified atom stereocenters. The molecule has 1 aromatic heterocycles. The molecule has 0 radical (unpaired) electrons. The number of likely N-dealkylation sites (tertiary alicyclic amines) is 1. The zero-order valence-electron chi connectivity index (χ0n) is 15.5. The summed E-state index contributed by atoms with van der Waals surface area (Å²) in [4.78, 5) is 15.4. The van der Waals surface area contributed by atoms with E-state index in [1.165, 1.54) is 11.1 Å². The highest BCUT2D eigenvalue weighted by molar-refractivity contribution is 5.99. The molecule has 0 N–H and O–H groups in total. The van der Waals surface area contributed by atoms with E-state index in [1.54, 1.807) is 7.11 Å². The van der Waals surface area contributed by atoms with Crippen molar-refractivity contribution in [2.24, 2.45) is 7.05 Å². The predicted octanol–water partition coefficient (Wildman–Crippen LogP) is 4.47. The Hall–Kier alpha value is -2.75. The van der Waals surface area contributed by atoms with E-state index in [4.69, 9.17) is 4.74 Å². The van der Waals surface area contributed by atoms with Gasteiger partial charge in [0.05, 0.1) is 13.2 Å². The molecular weight excluding hydrogens is 324 g/mol. The number of hydrogen-bond donors (Lipinski definition) is 0. The van der Waals surface area contributed by atoms with Crippen molar-refractivity contribution in [2.75, 3.05) is 13.7 Å². The molecule has 0 saturated carbocycles. The van der Waals surface area contributed by atoms with Crippen LogP contribution in [0.4, 0.5) is 0 Å². The second-order valence-electron chi connectivity index (χ2n) is 7.03. The lowest BCUT2D eigenvalue weighted by atomic mass is 9.99. The van der Waals surface area contributed by atoms with Gasteiger partial charge in [-0.3, -0.25) is 4.79 Å². The zero-order valence-corrected chi connectivity index (χ0v) is 15.5. The molecule has 1 amide bonds. The van der Waals surface area contributed by atoms with Crippen molar-refractivity contribution in [3.63, 3.8) is 0 Å². The van der Waals surface area contributed by atoms with Gasteiger partial charge >= 0.3 is 0 Å². The Labute approximate surface area is 154 Å². The Kier molecular flexibility index (Phi) is 4.19. The van der Waals surface area contributed by atoms with Crippen LogP contribution in [0.2, 0.25) is 0 Å². The SMILES string of the molecule is COc1ccc2c(c1)cc(C(=O)N1CCC[C@H]1c1ccccc1C)n2C. The standard InChI is InChI=1S/C22H24N2O2/c1-15-7-4-5-8-18(15)20-9-6-12-24(20)22(25)21-14-16-13-17(26-3)10-11-19(16)23(21)2/h4-5,7-8,10-11,13-14,20H,6,9,12H2,1-3H3/t20-/m0/s1. The minimum atomic E-state index is 0.105. The lowest BCUT2D eigenvalue weighted by Crippen LogP contribution is -2.32. The average Bonchev–Trinajstić information content (AvgIpc) is 3.26. The highest BCUT2D eigenvalue weighted by atomic mass is 16.5. The van der Waals surface area contributed by atoms with Gasteiger partial charge in [0.1, 0.15) is 11.4 Å². The number of rotatable bonds is 3. The number of aryl methyl sites for hydroxylation is 2. The summed E-state index contributed by atoms with van der Waals surface area (Å²) in [6.45, 7) is 2.93. The Morgan fingerprint density at radius 1 is 1.15 bits per heavy atom. The van der Waals surface area contributed by atoms with Crippen LogP contribution in [0, 0.1) is 6.92 Å². The fraction of sp³-hybridized carbons (Fsp3) is 0.318. The number of amides is 1. The van der Waals surface area contributed by atoms with Gasteiger partial charge < -0.3 is 14.2 Å². The maximum atomic E-state index is 13.4. The van der Waals surface area contributed by atoms with E-state index >= 15 is 0 Å². The molecule has 1 aliphatic rings.